The van der Waals surface area contributed by atoms with Crippen LogP contribution >= 0.6 is 11.3 Å². The number of anilines is 2. The summed E-state index contributed by atoms with van der Waals surface area (Å²) >= 11 is 1.35. The molecule has 9 nitrogen and oxygen atoms in total. The first-order chi connectivity index (χ1) is 14.1. The summed E-state index contributed by atoms with van der Waals surface area (Å²) < 4.78 is 11.0. The minimum absolute atomic E-state index is 0.00126. The van der Waals surface area contributed by atoms with E-state index in [1.165, 1.54) is 17.6 Å². The smallest absolute Gasteiger partial charge is 0.437 e. The van der Waals surface area contributed by atoms with Gasteiger partial charge in [0.05, 0.1) is 11.1 Å². The highest BCUT2D eigenvalue weighted by Gasteiger charge is 2.15. The number of carbonyl (C=O) groups excluding carboxylic acids is 2. The van der Waals surface area contributed by atoms with Crippen LogP contribution in [-0.4, -0.2) is 21.6 Å². The molecule has 0 aliphatic heterocycles. The molecular weight excluding hydrogens is 396 g/mol. The van der Waals surface area contributed by atoms with Gasteiger partial charge >= 0.3 is 5.76 Å². The number of rotatable bonds is 6. The Morgan fingerprint density at radius 2 is 1.79 bits per heavy atom. The van der Waals surface area contributed by atoms with Gasteiger partial charge in [-0.1, -0.05) is 6.07 Å². The molecule has 0 spiro atoms. The Hall–Kier alpha value is -3.92. The molecule has 0 aliphatic rings. The maximum absolute atomic E-state index is 12.2. The van der Waals surface area contributed by atoms with Gasteiger partial charge in [-0.2, -0.15) is 4.68 Å². The van der Waals surface area contributed by atoms with Crippen LogP contribution in [0.15, 0.2) is 73.8 Å². The summed E-state index contributed by atoms with van der Waals surface area (Å²) in [6, 6.07) is 13.4. The molecular formula is C19H14N4O5S. The van der Waals surface area contributed by atoms with Crippen LogP contribution in [0.5, 0.6) is 0 Å². The van der Waals surface area contributed by atoms with E-state index in [0.717, 1.165) is 4.68 Å². The highest BCUT2D eigenvalue weighted by molar-refractivity contribution is 7.12. The van der Waals surface area contributed by atoms with Gasteiger partial charge in [0, 0.05) is 11.4 Å². The number of thiophene rings is 1. The van der Waals surface area contributed by atoms with E-state index in [4.69, 9.17) is 8.83 Å². The van der Waals surface area contributed by atoms with E-state index in [1.54, 1.807) is 48.5 Å². The zero-order chi connectivity index (χ0) is 20.2. The fourth-order valence-corrected chi connectivity index (χ4v) is 3.10. The third-order valence-electron chi connectivity index (χ3n) is 3.80. The van der Waals surface area contributed by atoms with Crippen molar-refractivity contribution in [3.05, 3.63) is 75.6 Å². The topological polar surface area (TPSA) is 119 Å². The lowest BCUT2D eigenvalue weighted by molar-refractivity contribution is -0.117. The van der Waals surface area contributed by atoms with Gasteiger partial charge < -0.3 is 19.5 Å². The van der Waals surface area contributed by atoms with Crippen LogP contribution in [0.3, 0.4) is 0 Å². The normalized spacial score (nSPS) is 10.6. The van der Waals surface area contributed by atoms with Crippen LogP contribution in [0.25, 0.3) is 11.7 Å². The molecule has 0 radical (unpaired) electrons. The summed E-state index contributed by atoms with van der Waals surface area (Å²) in [5, 5.41) is 11.2. The zero-order valence-corrected chi connectivity index (χ0v) is 15.6. The van der Waals surface area contributed by atoms with E-state index >= 15 is 0 Å². The second kappa shape index (κ2) is 7.98. The number of amides is 2. The van der Waals surface area contributed by atoms with Gasteiger partial charge in [0.15, 0.2) is 5.76 Å². The number of benzene rings is 1. The maximum atomic E-state index is 12.2. The van der Waals surface area contributed by atoms with E-state index in [-0.39, 0.29) is 18.3 Å². The van der Waals surface area contributed by atoms with Crippen molar-refractivity contribution in [3.8, 4) is 11.7 Å². The van der Waals surface area contributed by atoms with Crippen LogP contribution in [0.2, 0.25) is 0 Å². The molecule has 1 aromatic carbocycles. The molecule has 0 aliphatic carbocycles. The van der Waals surface area contributed by atoms with Crippen molar-refractivity contribution >= 4 is 34.5 Å². The number of hydrogen-bond donors (Lipinski definition) is 2. The highest BCUT2D eigenvalue weighted by atomic mass is 32.1. The molecule has 4 aromatic rings. The minimum atomic E-state index is -0.766. The van der Waals surface area contributed by atoms with Crippen LogP contribution in [0.1, 0.15) is 9.67 Å². The molecule has 0 saturated carbocycles. The summed E-state index contributed by atoms with van der Waals surface area (Å²) in [7, 11) is 0. The van der Waals surface area contributed by atoms with E-state index < -0.39 is 11.7 Å². The van der Waals surface area contributed by atoms with Gasteiger partial charge in [0.25, 0.3) is 11.8 Å². The first-order valence-electron chi connectivity index (χ1n) is 8.45. The number of hydrogen-bond acceptors (Lipinski definition) is 7. The first kappa shape index (κ1) is 18.4. The zero-order valence-electron chi connectivity index (χ0n) is 14.8. The number of carbonyl (C=O) groups is 2. The Morgan fingerprint density at radius 1 is 1.03 bits per heavy atom. The molecule has 0 atom stereocenters. The SMILES string of the molecule is O=C(Cn1nc(-c2ccco2)oc1=O)Nc1ccc(NC(=O)c2cccs2)cc1. The lowest BCUT2D eigenvalue weighted by atomic mass is 10.2. The standard InChI is InChI=1S/C19H14N4O5S/c24-16(11-23-19(26)28-18(22-23)14-3-1-9-27-14)20-12-5-7-13(8-6-12)21-17(25)15-4-2-10-29-15/h1-10H,11H2,(H,20,24)(H,21,25). The van der Waals surface area contributed by atoms with Crippen molar-refractivity contribution in [2.24, 2.45) is 0 Å². The average Bonchev–Trinajstić information content (AvgIpc) is 3.45. The molecule has 29 heavy (non-hydrogen) atoms. The Balaban J connectivity index is 1.36. The summed E-state index contributed by atoms with van der Waals surface area (Å²) in [6.07, 6.45) is 1.42. The minimum Gasteiger partial charge on any atom is -0.459 e. The summed E-state index contributed by atoms with van der Waals surface area (Å²) in [5.74, 6) is -1.13. The molecule has 146 valence electrons. The van der Waals surface area contributed by atoms with E-state index in [0.29, 0.717) is 22.0 Å². The number of nitrogens with one attached hydrogen (secondary N) is 2. The lowest BCUT2D eigenvalue weighted by Crippen LogP contribution is -2.25. The van der Waals surface area contributed by atoms with E-state index in [2.05, 4.69) is 15.7 Å². The molecule has 2 amide bonds. The maximum Gasteiger partial charge on any atom is 0.437 e. The van der Waals surface area contributed by atoms with E-state index in [1.807, 2.05) is 5.38 Å². The van der Waals surface area contributed by atoms with Crippen molar-refractivity contribution in [1.82, 2.24) is 9.78 Å². The Morgan fingerprint density at radius 3 is 2.45 bits per heavy atom. The monoisotopic (exact) mass is 410 g/mol. The average molecular weight is 410 g/mol. The molecule has 0 bridgehead atoms. The highest BCUT2D eigenvalue weighted by Crippen LogP contribution is 2.17. The summed E-state index contributed by atoms with van der Waals surface area (Å²) in [4.78, 5) is 36.7. The quantitative estimate of drug-likeness (QED) is 0.504. The van der Waals surface area contributed by atoms with Crippen molar-refractivity contribution in [1.29, 1.82) is 0 Å². The molecule has 0 fully saturated rings. The second-order valence-electron chi connectivity index (χ2n) is 5.87. The number of furan rings is 1. The molecule has 4 rings (SSSR count). The summed E-state index contributed by atoms with van der Waals surface area (Å²) in [5.41, 5.74) is 1.10. The van der Waals surface area contributed by atoms with Crippen LogP contribution in [0, 0.1) is 0 Å². The van der Waals surface area contributed by atoms with Crippen LogP contribution in [-0.2, 0) is 11.3 Å². The van der Waals surface area contributed by atoms with Gasteiger partial charge in [0.1, 0.15) is 6.54 Å². The summed E-state index contributed by atoms with van der Waals surface area (Å²) in [6.45, 7) is -0.320. The first-order valence-corrected chi connectivity index (χ1v) is 9.33. The van der Waals surface area contributed by atoms with Gasteiger partial charge in [0.2, 0.25) is 5.91 Å². The predicted molar refractivity (Wildman–Crippen MR) is 106 cm³/mol. The fraction of sp³-hybridized carbons (Fsp3) is 0.0526. The van der Waals surface area contributed by atoms with Crippen LogP contribution in [0.4, 0.5) is 11.4 Å². The molecule has 0 unspecified atom stereocenters. The van der Waals surface area contributed by atoms with Gasteiger partial charge in [-0.3, -0.25) is 9.59 Å². The number of aromatic nitrogens is 2. The second-order valence-corrected chi connectivity index (χ2v) is 6.81. The molecule has 2 N–H and O–H groups in total. The van der Waals surface area contributed by atoms with Crippen molar-refractivity contribution < 1.29 is 18.4 Å². The van der Waals surface area contributed by atoms with E-state index in [9.17, 15) is 14.4 Å². The Kier molecular flexibility index (Phi) is 5.08. The number of nitrogens with zero attached hydrogens (tertiary/aromatic N) is 2. The third kappa shape index (κ3) is 4.33. The Bertz CT molecular complexity index is 1170. The van der Waals surface area contributed by atoms with Gasteiger partial charge in [-0.05, 0) is 47.8 Å². The van der Waals surface area contributed by atoms with Crippen molar-refractivity contribution in [2.75, 3.05) is 10.6 Å². The molecule has 0 saturated heterocycles. The fourth-order valence-electron chi connectivity index (χ4n) is 2.48. The lowest BCUT2D eigenvalue weighted by Gasteiger charge is -2.07. The van der Waals surface area contributed by atoms with Gasteiger partial charge in [-0.25, -0.2) is 4.79 Å². The van der Waals surface area contributed by atoms with Crippen LogP contribution < -0.4 is 16.4 Å². The molecule has 3 aromatic heterocycles. The van der Waals surface area contributed by atoms with Gasteiger partial charge in [-0.15, -0.1) is 16.4 Å². The largest absolute Gasteiger partial charge is 0.459 e. The predicted octanol–water partition coefficient (Wildman–Crippen LogP) is 3.05. The molecule has 3 heterocycles. The third-order valence-corrected chi connectivity index (χ3v) is 4.67. The van der Waals surface area contributed by atoms with Crippen molar-refractivity contribution in [3.63, 3.8) is 0 Å². The molecule has 10 heteroatoms. The van der Waals surface area contributed by atoms with Crippen molar-refractivity contribution in [2.45, 2.75) is 6.54 Å². The Labute approximate surface area is 167 Å².